The molecule has 1 aliphatic rings. The normalized spacial score (nSPS) is 25.7. The predicted molar refractivity (Wildman–Crippen MR) is 74.3 cm³/mol. The topological polar surface area (TPSA) is 50.9 Å². The highest BCUT2D eigenvalue weighted by molar-refractivity contribution is 7.13. The van der Waals surface area contributed by atoms with Crippen LogP contribution in [0, 0.1) is 5.92 Å². The van der Waals surface area contributed by atoms with Crippen molar-refractivity contribution in [1.82, 2.24) is 10.3 Å². The molecule has 0 bridgehead atoms. The molecular weight excluding hydrogens is 230 g/mol. The zero-order valence-electron chi connectivity index (χ0n) is 10.6. The molecule has 1 heterocycles. The summed E-state index contributed by atoms with van der Waals surface area (Å²) in [6.45, 7) is 3.41. The molecule has 2 atom stereocenters. The number of hydrogen-bond donors (Lipinski definition) is 2. The first kappa shape index (κ1) is 12.8. The molecule has 1 aliphatic carbocycles. The van der Waals surface area contributed by atoms with E-state index in [9.17, 15) is 0 Å². The van der Waals surface area contributed by atoms with Gasteiger partial charge in [-0.25, -0.2) is 4.98 Å². The first-order chi connectivity index (χ1) is 8.24. The van der Waals surface area contributed by atoms with Gasteiger partial charge in [-0.2, -0.15) is 0 Å². The van der Waals surface area contributed by atoms with Gasteiger partial charge >= 0.3 is 0 Å². The van der Waals surface area contributed by atoms with Crippen LogP contribution in [0.25, 0.3) is 0 Å². The lowest BCUT2D eigenvalue weighted by molar-refractivity contribution is 0.450. The third-order valence-corrected chi connectivity index (χ3v) is 4.36. The molecule has 3 N–H and O–H groups in total. The maximum Gasteiger partial charge on any atom is 0.180 e. The van der Waals surface area contributed by atoms with E-state index >= 15 is 0 Å². The second-order valence-electron chi connectivity index (χ2n) is 5.19. The lowest BCUT2D eigenvalue weighted by Gasteiger charge is -2.15. The molecule has 1 fully saturated rings. The van der Waals surface area contributed by atoms with E-state index < -0.39 is 0 Å². The van der Waals surface area contributed by atoms with Gasteiger partial charge in [0, 0.05) is 24.4 Å². The van der Waals surface area contributed by atoms with Gasteiger partial charge in [0.15, 0.2) is 5.13 Å². The van der Waals surface area contributed by atoms with Crippen LogP contribution in [0.1, 0.15) is 44.7 Å². The molecule has 3 nitrogen and oxygen atoms in total. The summed E-state index contributed by atoms with van der Waals surface area (Å²) in [5.74, 6) is 0.917. The summed E-state index contributed by atoms with van der Waals surface area (Å²) in [6, 6.07) is 0.718. The Labute approximate surface area is 108 Å². The molecule has 0 aromatic carbocycles. The van der Waals surface area contributed by atoms with Crippen molar-refractivity contribution < 1.29 is 0 Å². The van der Waals surface area contributed by atoms with Crippen LogP contribution in [0.2, 0.25) is 0 Å². The third kappa shape index (κ3) is 4.28. The molecule has 0 radical (unpaired) electrons. The standard InChI is InChI=1S/C13H23N3S/c1-10-3-2-4-11(6-5-10)15-8-7-12-9-17-13(14)16-12/h9-11,15H,2-8H2,1H3,(H2,14,16). The average Bonchev–Trinajstić information content (AvgIpc) is 2.59. The molecule has 17 heavy (non-hydrogen) atoms. The van der Waals surface area contributed by atoms with Crippen LogP contribution in [0.5, 0.6) is 0 Å². The summed E-state index contributed by atoms with van der Waals surface area (Å²) in [5.41, 5.74) is 6.74. The molecule has 0 aliphatic heterocycles. The van der Waals surface area contributed by atoms with Crippen molar-refractivity contribution in [1.29, 1.82) is 0 Å². The van der Waals surface area contributed by atoms with Crippen LogP contribution >= 0.6 is 11.3 Å². The Balaban J connectivity index is 1.67. The summed E-state index contributed by atoms with van der Waals surface area (Å²) in [6.07, 6.45) is 7.83. The van der Waals surface area contributed by atoms with Crippen LogP contribution in [0.4, 0.5) is 5.13 Å². The van der Waals surface area contributed by atoms with Gasteiger partial charge in [-0.3, -0.25) is 0 Å². The largest absolute Gasteiger partial charge is 0.375 e. The smallest absolute Gasteiger partial charge is 0.180 e. The van der Waals surface area contributed by atoms with Gasteiger partial charge in [-0.1, -0.05) is 19.8 Å². The van der Waals surface area contributed by atoms with Crippen LogP contribution in [-0.4, -0.2) is 17.6 Å². The van der Waals surface area contributed by atoms with Crippen LogP contribution in [0.3, 0.4) is 0 Å². The molecule has 0 saturated heterocycles. The Morgan fingerprint density at radius 1 is 1.41 bits per heavy atom. The summed E-state index contributed by atoms with van der Waals surface area (Å²) in [7, 11) is 0. The molecule has 1 aromatic heterocycles. The number of hydrogen-bond acceptors (Lipinski definition) is 4. The van der Waals surface area contributed by atoms with E-state index in [1.807, 2.05) is 0 Å². The number of rotatable bonds is 4. The average molecular weight is 253 g/mol. The first-order valence-corrected chi connectivity index (χ1v) is 7.55. The molecule has 0 spiro atoms. The summed E-state index contributed by atoms with van der Waals surface area (Å²) in [5, 5.41) is 6.41. The van der Waals surface area contributed by atoms with E-state index in [2.05, 4.69) is 22.6 Å². The van der Waals surface area contributed by atoms with Crippen LogP contribution in [0.15, 0.2) is 5.38 Å². The van der Waals surface area contributed by atoms with Crippen molar-refractivity contribution in [2.24, 2.45) is 5.92 Å². The van der Waals surface area contributed by atoms with E-state index in [1.54, 1.807) is 0 Å². The molecule has 1 saturated carbocycles. The molecule has 2 rings (SSSR count). The zero-order valence-corrected chi connectivity index (χ0v) is 11.4. The quantitative estimate of drug-likeness (QED) is 0.811. The molecular formula is C13H23N3S. The number of thiazole rings is 1. The minimum Gasteiger partial charge on any atom is -0.375 e. The molecule has 0 amide bonds. The summed E-state index contributed by atoms with van der Waals surface area (Å²) < 4.78 is 0. The molecule has 1 aromatic rings. The van der Waals surface area contributed by atoms with Crippen molar-refractivity contribution in [3.8, 4) is 0 Å². The van der Waals surface area contributed by atoms with Crippen molar-refractivity contribution in [3.63, 3.8) is 0 Å². The Kier molecular flexibility index (Phi) is 4.80. The molecule has 4 heteroatoms. The first-order valence-electron chi connectivity index (χ1n) is 6.67. The monoisotopic (exact) mass is 253 g/mol. The van der Waals surface area contributed by atoms with Crippen molar-refractivity contribution in [3.05, 3.63) is 11.1 Å². The lowest BCUT2D eigenvalue weighted by Crippen LogP contribution is -2.30. The number of nitrogens with two attached hydrogens (primary N) is 1. The number of nitrogen functional groups attached to an aromatic ring is 1. The fourth-order valence-corrected chi connectivity index (χ4v) is 3.13. The SMILES string of the molecule is CC1CCCC(NCCc2csc(N)n2)CC1. The molecule has 96 valence electrons. The highest BCUT2D eigenvalue weighted by atomic mass is 32.1. The van der Waals surface area contributed by atoms with E-state index in [1.165, 1.54) is 43.4 Å². The van der Waals surface area contributed by atoms with Crippen molar-refractivity contribution >= 4 is 16.5 Å². The van der Waals surface area contributed by atoms with Gasteiger partial charge in [0.1, 0.15) is 0 Å². The lowest BCUT2D eigenvalue weighted by atomic mass is 10.0. The third-order valence-electron chi connectivity index (χ3n) is 3.64. The Morgan fingerprint density at radius 2 is 2.29 bits per heavy atom. The Morgan fingerprint density at radius 3 is 3.06 bits per heavy atom. The fraction of sp³-hybridized carbons (Fsp3) is 0.769. The second-order valence-corrected chi connectivity index (χ2v) is 6.08. The number of anilines is 1. The van der Waals surface area contributed by atoms with Crippen LogP contribution < -0.4 is 11.1 Å². The van der Waals surface area contributed by atoms with Gasteiger partial charge in [-0.05, 0) is 25.2 Å². The minimum atomic E-state index is 0.684. The highest BCUT2D eigenvalue weighted by Crippen LogP contribution is 2.22. The Hall–Kier alpha value is -0.610. The number of nitrogens with one attached hydrogen (secondary N) is 1. The van der Waals surface area contributed by atoms with Crippen molar-refractivity contribution in [2.75, 3.05) is 12.3 Å². The van der Waals surface area contributed by atoms with Crippen molar-refractivity contribution in [2.45, 2.75) is 51.5 Å². The zero-order chi connectivity index (χ0) is 12.1. The van der Waals surface area contributed by atoms with E-state index in [0.717, 1.165) is 30.6 Å². The number of aromatic nitrogens is 1. The van der Waals surface area contributed by atoms with Gasteiger partial charge in [0.05, 0.1) is 5.69 Å². The highest BCUT2D eigenvalue weighted by Gasteiger charge is 2.15. The predicted octanol–water partition coefficient (Wildman–Crippen LogP) is 2.83. The van der Waals surface area contributed by atoms with Gasteiger partial charge < -0.3 is 11.1 Å². The van der Waals surface area contributed by atoms with E-state index in [4.69, 9.17) is 5.73 Å². The second kappa shape index (κ2) is 6.36. The molecule has 2 unspecified atom stereocenters. The summed E-state index contributed by atoms with van der Waals surface area (Å²) >= 11 is 1.53. The minimum absolute atomic E-state index is 0.684. The van der Waals surface area contributed by atoms with E-state index in [0.29, 0.717) is 5.13 Å². The van der Waals surface area contributed by atoms with Crippen LogP contribution in [-0.2, 0) is 6.42 Å². The maximum atomic E-state index is 5.62. The fourth-order valence-electron chi connectivity index (χ4n) is 2.53. The van der Waals surface area contributed by atoms with E-state index in [-0.39, 0.29) is 0 Å². The Bertz CT molecular complexity index is 337. The van der Waals surface area contributed by atoms with Gasteiger partial charge in [-0.15, -0.1) is 11.3 Å². The summed E-state index contributed by atoms with van der Waals surface area (Å²) in [4.78, 5) is 4.28. The van der Waals surface area contributed by atoms with Gasteiger partial charge in [0.2, 0.25) is 0 Å². The maximum absolute atomic E-state index is 5.62. The number of nitrogens with zero attached hydrogens (tertiary/aromatic N) is 1. The van der Waals surface area contributed by atoms with Gasteiger partial charge in [0.25, 0.3) is 0 Å².